The highest BCUT2D eigenvalue weighted by molar-refractivity contribution is 7.99. The van der Waals surface area contributed by atoms with Crippen molar-refractivity contribution in [1.82, 2.24) is 9.88 Å². The number of amides is 1. The third-order valence-electron chi connectivity index (χ3n) is 4.74. The molecule has 0 bridgehead atoms. The van der Waals surface area contributed by atoms with Crippen LogP contribution in [0.5, 0.6) is 17.4 Å². The number of fused-ring (bicyclic) bond motifs is 1. The molecule has 0 N–H and O–H groups in total. The Morgan fingerprint density at radius 1 is 1.21 bits per heavy atom. The summed E-state index contributed by atoms with van der Waals surface area (Å²) in [6.45, 7) is 5.64. The fourth-order valence-electron chi connectivity index (χ4n) is 3.35. The molecule has 2 aromatic rings. The molecule has 0 aliphatic carbocycles. The number of rotatable bonds is 4. The van der Waals surface area contributed by atoms with Gasteiger partial charge in [0.05, 0.1) is 11.7 Å². The molecule has 0 saturated carbocycles. The lowest BCUT2D eigenvalue weighted by Gasteiger charge is -2.20. The Bertz CT molecular complexity index is 841. The van der Waals surface area contributed by atoms with E-state index in [0.717, 1.165) is 36.8 Å². The lowest BCUT2D eigenvalue weighted by Crippen LogP contribution is -2.33. The van der Waals surface area contributed by atoms with Crippen molar-refractivity contribution < 1.29 is 19.0 Å². The van der Waals surface area contributed by atoms with Gasteiger partial charge in [-0.25, -0.2) is 4.98 Å². The lowest BCUT2D eigenvalue weighted by atomic mass is 10.1. The predicted molar refractivity (Wildman–Crippen MR) is 108 cm³/mol. The van der Waals surface area contributed by atoms with E-state index in [0.29, 0.717) is 16.7 Å². The van der Waals surface area contributed by atoms with Crippen molar-refractivity contribution in [1.29, 1.82) is 0 Å². The smallest absolute Gasteiger partial charge is 0.255 e. The summed E-state index contributed by atoms with van der Waals surface area (Å²) in [5.41, 5.74) is 1.82. The largest absolute Gasteiger partial charge is 0.475 e. The molecule has 3 heterocycles. The number of hydrogen-bond donors (Lipinski definition) is 0. The van der Waals surface area contributed by atoms with Gasteiger partial charge in [-0.2, -0.15) is 11.8 Å². The summed E-state index contributed by atoms with van der Waals surface area (Å²) < 4.78 is 16.4. The molecule has 0 radical (unpaired) electrons. The van der Waals surface area contributed by atoms with Crippen LogP contribution in [0.2, 0.25) is 0 Å². The summed E-state index contributed by atoms with van der Waals surface area (Å²) in [7, 11) is 0. The molecule has 1 unspecified atom stereocenters. The Morgan fingerprint density at radius 2 is 2.07 bits per heavy atom. The minimum Gasteiger partial charge on any atom is -0.475 e. The second kappa shape index (κ2) is 8.31. The third-order valence-corrected chi connectivity index (χ3v) is 6.07. The first-order valence-corrected chi connectivity index (χ1v) is 10.6. The summed E-state index contributed by atoms with van der Waals surface area (Å²) in [6, 6.07) is 9.68. The summed E-state index contributed by atoms with van der Waals surface area (Å²) >= 11 is 1.88. The number of pyridine rings is 1. The SMILES string of the molecule is CC(C)Oc1ccc(C(=O)N2CCSC(c3ccc4c(c3)OCO4)CC2)cn1. The second-order valence-electron chi connectivity index (χ2n) is 7.10. The van der Waals surface area contributed by atoms with E-state index in [2.05, 4.69) is 17.1 Å². The molecule has 1 amide bonds. The molecule has 28 heavy (non-hydrogen) atoms. The zero-order valence-corrected chi connectivity index (χ0v) is 16.9. The van der Waals surface area contributed by atoms with E-state index in [1.54, 1.807) is 18.3 Å². The molecule has 2 aliphatic rings. The number of aromatic nitrogens is 1. The normalized spacial score (nSPS) is 18.8. The molecular weight excluding hydrogens is 376 g/mol. The van der Waals surface area contributed by atoms with Crippen LogP contribution in [-0.2, 0) is 0 Å². The number of hydrogen-bond acceptors (Lipinski definition) is 6. The molecule has 1 fully saturated rings. The van der Waals surface area contributed by atoms with Gasteiger partial charge in [0.2, 0.25) is 12.7 Å². The van der Waals surface area contributed by atoms with Crippen LogP contribution in [0.15, 0.2) is 36.5 Å². The van der Waals surface area contributed by atoms with Crippen LogP contribution >= 0.6 is 11.8 Å². The summed E-state index contributed by atoms with van der Waals surface area (Å²) in [5, 5.41) is 0.340. The maximum Gasteiger partial charge on any atom is 0.255 e. The number of carbonyl (C=O) groups is 1. The molecule has 2 aliphatic heterocycles. The maximum absolute atomic E-state index is 12.9. The van der Waals surface area contributed by atoms with Crippen molar-refractivity contribution >= 4 is 17.7 Å². The minimum atomic E-state index is 0.0236. The average Bonchev–Trinajstić information content (AvgIpc) is 3.02. The maximum atomic E-state index is 12.9. The molecule has 1 atom stereocenters. The van der Waals surface area contributed by atoms with Crippen LogP contribution in [-0.4, -0.2) is 47.5 Å². The first-order chi connectivity index (χ1) is 13.6. The number of carbonyl (C=O) groups excluding carboxylic acids is 1. The zero-order chi connectivity index (χ0) is 19.5. The van der Waals surface area contributed by atoms with Crippen LogP contribution in [0.1, 0.15) is 41.4 Å². The molecule has 0 spiro atoms. The topological polar surface area (TPSA) is 60.9 Å². The Labute approximate surface area is 169 Å². The fourth-order valence-corrected chi connectivity index (χ4v) is 4.57. The van der Waals surface area contributed by atoms with Crippen LogP contribution in [0.25, 0.3) is 0 Å². The van der Waals surface area contributed by atoms with Crippen LogP contribution in [0.4, 0.5) is 0 Å². The van der Waals surface area contributed by atoms with Gasteiger partial charge < -0.3 is 19.1 Å². The quantitative estimate of drug-likeness (QED) is 0.775. The van der Waals surface area contributed by atoms with Gasteiger partial charge in [-0.05, 0) is 44.0 Å². The van der Waals surface area contributed by atoms with E-state index in [9.17, 15) is 4.79 Å². The number of thioether (sulfide) groups is 1. The van der Waals surface area contributed by atoms with E-state index >= 15 is 0 Å². The highest BCUT2D eigenvalue weighted by Gasteiger charge is 2.24. The summed E-state index contributed by atoms with van der Waals surface area (Å²) in [5.74, 6) is 3.07. The number of nitrogens with zero attached hydrogens (tertiary/aromatic N) is 2. The Balaban J connectivity index is 1.40. The van der Waals surface area contributed by atoms with Crippen molar-refractivity contribution in [3.05, 3.63) is 47.7 Å². The van der Waals surface area contributed by atoms with E-state index in [-0.39, 0.29) is 18.8 Å². The molecule has 7 heteroatoms. The van der Waals surface area contributed by atoms with Crippen molar-refractivity contribution in [3.8, 4) is 17.4 Å². The van der Waals surface area contributed by atoms with E-state index in [1.165, 1.54) is 5.56 Å². The molecule has 4 rings (SSSR count). The Kier molecular flexibility index (Phi) is 5.62. The van der Waals surface area contributed by atoms with Crippen molar-refractivity contribution in [2.24, 2.45) is 0 Å². The van der Waals surface area contributed by atoms with Gasteiger partial charge in [0.15, 0.2) is 11.5 Å². The standard InChI is InChI=1S/C21H24N2O4S/c1-14(2)27-20-6-4-16(12-22-20)21(24)23-8-7-19(28-10-9-23)15-3-5-17-18(11-15)26-13-25-17/h3-6,11-12,14,19H,7-10,13H2,1-2H3. The minimum absolute atomic E-state index is 0.0236. The lowest BCUT2D eigenvalue weighted by molar-refractivity contribution is 0.0766. The molecule has 148 valence electrons. The van der Waals surface area contributed by atoms with Gasteiger partial charge in [0.25, 0.3) is 5.91 Å². The summed E-state index contributed by atoms with van der Waals surface area (Å²) in [6.07, 6.45) is 2.57. The fraction of sp³-hybridized carbons (Fsp3) is 0.429. The summed E-state index contributed by atoms with van der Waals surface area (Å²) in [4.78, 5) is 19.1. The van der Waals surface area contributed by atoms with E-state index in [1.807, 2.05) is 36.6 Å². The molecule has 1 saturated heterocycles. The molecular formula is C21H24N2O4S. The van der Waals surface area contributed by atoms with Gasteiger partial charge in [-0.1, -0.05) is 6.07 Å². The van der Waals surface area contributed by atoms with Gasteiger partial charge >= 0.3 is 0 Å². The van der Waals surface area contributed by atoms with Gasteiger partial charge in [-0.15, -0.1) is 0 Å². The zero-order valence-electron chi connectivity index (χ0n) is 16.1. The third kappa shape index (κ3) is 4.19. The highest BCUT2D eigenvalue weighted by atomic mass is 32.2. The average molecular weight is 401 g/mol. The Morgan fingerprint density at radius 3 is 2.86 bits per heavy atom. The van der Waals surface area contributed by atoms with Gasteiger partial charge in [0, 0.05) is 36.4 Å². The van der Waals surface area contributed by atoms with Crippen molar-refractivity contribution in [2.45, 2.75) is 31.6 Å². The van der Waals surface area contributed by atoms with Gasteiger partial charge in [0.1, 0.15) is 0 Å². The monoisotopic (exact) mass is 400 g/mol. The van der Waals surface area contributed by atoms with Crippen molar-refractivity contribution in [2.75, 3.05) is 25.6 Å². The van der Waals surface area contributed by atoms with Crippen LogP contribution in [0.3, 0.4) is 0 Å². The van der Waals surface area contributed by atoms with Crippen LogP contribution < -0.4 is 14.2 Å². The van der Waals surface area contributed by atoms with Gasteiger partial charge in [-0.3, -0.25) is 4.79 Å². The van der Waals surface area contributed by atoms with E-state index in [4.69, 9.17) is 14.2 Å². The van der Waals surface area contributed by atoms with E-state index < -0.39 is 0 Å². The number of benzene rings is 1. The molecule has 1 aromatic carbocycles. The number of ether oxygens (including phenoxy) is 3. The first-order valence-electron chi connectivity index (χ1n) is 9.53. The Hall–Kier alpha value is -2.41. The second-order valence-corrected chi connectivity index (χ2v) is 8.42. The van der Waals surface area contributed by atoms with Crippen LogP contribution in [0, 0.1) is 0 Å². The van der Waals surface area contributed by atoms with Crippen molar-refractivity contribution in [3.63, 3.8) is 0 Å². The molecule has 6 nitrogen and oxygen atoms in total. The highest BCUT2D eigenvalue weighted by Crippen LogP contribution is 2.40. The predicted octanol–water partition coefficient (Wildman–Crippen LogP) is 3.92. The molecule has 1 aromatic heterocycles. The first kappa shape index (κ1) is 18.9.